The number of nitrogens with one attached hydrogen (secondary N) is 1. The SMILES string of the molecule is Cc1sc2ncnc(OCC(=O)NC3CCCCCC3)c2c1C. The van der Waals surface area contributed by atoms with E-state index in [-0.39, 0.29) is 12.5 Å². The molecule has 2 aromatic rings. The summed E-state index contributed by atoms with van der Waals surface area (Å²) < 4.78 is 5.69. The lowest BCUT2D eigenvalue weighted by atomic mass is 10.1. The number of thiophene rings is 1. The van der Waals surface area contributed by atoms with Gasteiger partial charge >= 0.3 is 0 Å². The Hall–Kier alpha value is -1.69. The van der Waals surface area contributed by atoms with Crippen molar-refractivity contribution in [2.24, 2.45) is 0 Å². The summed E-state index contributed by atoms with van der Waals surface area (Å²) >= 11 is 1.63. The van der Waals surface area contributed by atoms with E-state index in [2.05, 4.69) is 22.2 Å². The van der Waals surface area contributed by atoms with Gasteiger partial charge in [-0.3, -0.25) is 4.79 Å². The Balaban J connectivity index is 1.62. The van der Waals surface area contributed by atoms with Gasteiger partial charge in [0.05, 0.1) is 5.39 Å². The molecule has 0 saturated heterocycles. The molecular formula is C17H23N3O2S. The average Bonchev–Trinajstić information content (AvgIpc) is 2.71. The highest BCUT2D eigenvalue weighted by Gasteiger charge is 2.17. The Kier molecular flexibility index (Phi) is 5.10. The van der Waals surface area contributed by atoms with Gasteiger partial charge in [-0.1, -0.05) is 25.7 Å². The van der Waals surface area contributed by atoms with Crippen LogP contribution in [-0.2, 0) is 4.79 Å². The highest BCUT2D eigenvalue weighted by atomic mass is 32.1. The smallest absolute Gasteiger partial charge is 0.258 e. The number of aromatic nitrogens is 2. The molecule has 0 radical (unpaired) electrons. The predicted molar refractivity (Wildman–Crippen MR) is 92.0 cm³/mol. The van der Waals surface area contributed by atoms with Crippen molar-refractivity contribution in [3.63, 3.8) is 0 Å². The number of carbonyl (C=O) groups is 1. The molecule has 2 heterocycles. The fourth-order valence-corrected chi connectivity index (χ4v) is 4.07. The van der Waals surface area contributed by atoms with Gasteiger partial charge in [-0.15, -0.1) is 11.3 Å². The number of aryl methyl sites for hydroxylation is 2. The average molecular weight is 333 g/mol. The number of amides is 1. The summed E-state index contributed by atoms with van der Waals surface area (Å²) in [6.45, 7) is 4.11. The minimum Gasteiger partial charge on any atom is -0.467 e. The van der Waals surface area contributed by atoms with E-state index in [9.17, 15) is 4.79 Å². The first-order valence-electron chi connectivity index (χ1n) is 8.28. The van der Waals surface area contributed by atoms with Crippen molar-refractivity contribution >= 4 is 27.5 Å². The Labute approximate surface area is 140 Å². The molecule has 0 atom stereocenters. The maximum Gasteiger partial charge on any atom is 0.258 e. The summed E-state index contributed by atoms with van der Waals surface area (Å²) in [4.78, 5) is 22.7. The number of hydrogen-bond donors (Lipinski definition) is 1. The minimum atomic E-state index is -0.0618. The van der Waals surface area contributed by atoms with Gasteiger partial charge in [-0.25, -0.2) is 9.97 Å². The summed E-state index contributed by atoms with van der Waals surface area (Å²) in [6, 6.07) is 0.296. The van der Waals surface area contributed by atoms with Gasteiger partial charge in [0.15, 0.2) is 6.61 Å². The Morgan fingerprint density at radius 2 is 2.00 bits per heavy atom. The third-order valence-electron chi connectivity index (χ3n) is 4.49. The molecule has 1 N–H and O–H groups in total. The highest BCUT2D eigenvalue weighted by Crippen LogP contribution is 2.33. The molecule has 1 aliphatic carbocycles. The van der Waals surface area contributed by atoms with Gasteiger partial charge < -0.3 is 10.1 Å². The second-order valence-corrected chi connectivity index (χ2v) is 7.39. The van der Waals surface area contributed by atoms with E-state index in [1.54, 1.807) is 11.3 Å². The number of rotatable bonds is 4. The second kappa shape index (κ2) is 7.25. The number of nitrogens with zero attached hydrogens (tertiary/aromatic N) is 2. The van der Waals surface area contributed by atoms with E-state index in [1.165, 1.54) is 36.9 Å². The maximum atomic E-state index is 12.1. The molecule has 0 spiro atoms. The standard InChI is InChI=1S/C17H23N3O2S/c1-11-12(2)23-17-15(11)16(18-10-19-17)22-9-14(21)20-13-7-5-3-4-6-8-13/h10,13H,3-9H2,1-2H3,(H,20,21). The molecular weight excluding hydrogens is 310 g/mol. The molecule has 1 aliphatic rings. The van der Waals surface area contributed by atoms with Crippen LogP contribution in [0.5, 0.6) is 5.88 Å². The van der Waals surface area contributed by atoms with Gasteiger partial charge in [-0.2, -0.15) is 0 Å². The van der Waals surface area contributed by atoms with Crippen molar-refractivity contribution < 1.29 is 9.53 Å². The topological polar surface area (TPSA) is 64.1 Å². The first-order valence-corrected chi connectivity index (χ1v) is 9.09. The summed E-state index contributed by atoms with van der Waals surface area (Å²) in [5, 5.41) is 4.02. The van der Waals surface area contributed by atoms with Crippen molar-refractivity contribution in [1.82, 2.24) is 15.3 Å². The second-order valence-electron chi connectivity index (χ2n) is 6.19. The zero-order valence-corrected chi connectivity index (χ0v) is 14.5. The van der Waals surface area contributed by atoms with Crippen LogP contribution in [-0.4, -0.2) is 28.5 Å². The van der Waals surface area contributed by atoms with Crippen LogP contribution >= 0.6 is 11.3 Å². The van der Waals surface area contributed by atoms with Crippen LogP contribution in [0.15, 0.2) is 6.33 Å². The summed E-state index contributed by atoms with van der Waals surface area (Å²) in [5.41, 5.74) is 1.13. The third kappa shape index (κ3) is 3.80. The number of hydrogen-bond acceptors (Lipinski definition) is 5. The van der Waals surface area contributed by atoms with Crippen LogP contribution in [0.25, 0.3) is 10.2 Å². The van der Waals surface area contributed by atoms with Gasteiger partial charge in [0.1, 0.15) is 11.2 Å². The van der Waals surface area contributed by atoms with Gasteiger partial charge in [-0.05, 0) is 32.3 Å². The summed E-state index contributed by atoms with van der Waals surface area (Å²) in [7, 11) is 0. The normalized spacial score (nSPS) is 16.3. The number of carbonyl (C=O) groups excluding carboxylic acids is 1. The summed E-state index contributed by atoms with van der Waals surface area (Å²) in [5.74, 6) is 0.445. The van der Waals surface area contributed by atoms with E-state index < -0.39 is 0 Å². The molecule has 124 valence electrons. The fraction of sp³-hybridized carbons (Fsp3) is 0.588. The van der Waals surface area contributed by atoms with Gasteiger partial charge in [0, 0.05) is 10.9 Å². The quantitative estimate of drug-likeness (QED) is 0.870. The Bertz CT molecular complexity index is 690. The molecule has 1 saturated carbocycles. The van der Waals surface area contributed by atoms with Crippen LogP contribution in [0.1, 0.15) is 49.0 Å². The first kappa shape index (κ1) is 16.2. The van der Waals surface area contributed by atoms with Crippen molar-refractivity contribution in [2.75, 3.05) is 6.61 Å². The van der Waals surface area contributed by atoms with Crippen molar-refractivity contribution in [3.05, 3.63) is 16.8 Å². The lowest BCUT2D eigenvalue weighted by molar-refractivity contribution is -0.123. The van der Waals surface area contributed by atoms with E-state index in [0.29, 0.717) is 11.9 Å². The minimum absolute atomic E-state index is 0.0109. The molecule has 0 aliphatic heterocycles. The molecule has 3 rings (SSSR count). The lowest BCUT2D eigenvalue weighted by Crippen LogP contribution is -2.37. The molecule has 23 heavy (non-hydrogen) atoms. The Morgan fingerprint density at radius 1 is 1.26 bits per heavy atom. The first-order chi connectivity index (χ1) is 11.1. The van der Waals surface area contributed by atoms with Crippen molar-refractivity contribution in [1.29, 1.82) is 0 Å². The highest BCUT2D eigenvalue weighted by molar-refractivity contribution is 7.18. The number of fused-ring (bicyclic) bond motifs is 1. The van der Waals surface area contributed by atoms with Crippen LogP contribution in [0.2, 0.25) is 0 Å². The zero-order valence-electron chi connectivity index (χ0n) is 13.7. The molecule has 5 nitrogen and oxygen atoms in total. The fourth-order valence-electron chi connectivity index (χ4n) is 3.09. The van der Waals surface area contributed by atoms with E-state index in [0.717, 1.165) is 28.6 Å². The Morgan fingerprint density at radius 3 is 2.74 bits per heavy atom. The van der Waals surface area contributed by atoms with Crippen LogP contribution in [0.3, 0.4) is 0 Å². The molecule has 1 fully saturated rings. The van der Waals surface area contributed by atoms with E-state index in [4.69, 9.17) is 4.74 Å². The van der Waals surface area contributed by atoms with Crippen molar-refractivity contribution in [3.8, 4) is 5.88 Å². The van der Waals surface area contributed by atoms with Crippen LogP contribution < -0.4 is 10.1 Å². The zero-order chi connectivity index (χ0) is 16.2. The van der Waals surface area contributed by atoms with Crippen molar-refractivity contribution in [2.45, 2.75) is 58.4 Å². The lowest BCUT2D eigenvalue weighted by Gasteiger charge is -2.16. The molecule has 6 heteroatoms. The van der Waals surface area contributed by atoms with Gasteiger partial charge in [0.2, 0.25) is 5.88 Å². The van der Waals surface area contributed by atoms with E-state index >= 15 is 0 Å². The number of ether oxygens (including phenoxy) is 1. The van der Waals surface area contributed by atoms with Gasteiger partial charge in [0.25, 0.3) is 5.91 Å². The monoisotopic (exact) mass is 333 g/mol. The largest absolute Gasteiger partial charge is 0.467 e. The van der Waals surface area contributed by atoms with E-state index in [1.807, 2.05) is 6.92 Å². The predicted octanol–water partition coefficient (Wildman–Crippen LogP) is 3.53. The summed E-state index contributed by atoms with van der Waals surface area (Å²) in [6.07, 6.45) is 8.60. The third-order valence-corrected chi connectivity index (χ3v) is 5.61. The molecule has 1 amide bonds. The molecule has 0 aromatic carbocycles. The molecule has 0 unspecified atom stereocenters. The maximum absolute atomic E-state index is 12.1. The van der Waals surface area contributed by atoms with Crippen LogP contribution in [0.4, 0.5) is 0 Å². The molecule has 0 bridgehead atoms. The molecule has 2 aromatic heterocycles. The van der Waals surface area contributed by atoms with Crippen LogP contribution in [0, 0.1) is 13.8 Å².